The average molecular weight is 577 g/mol. The standard InChI is InChI=1S/C29H25ClN4O5S/c1-20-27(30)9-6-10-28(20)33(40(38,39)26-7-4-3-5-8-26)19-22-11-13-24(14-12-22)29(35)32-31-21(2)23-15-17-25(18-16-23)34(36)37/h3-18H,19H2,1-2H3,(H,32,35)/b31-21-. The molecule has 204 valence electrons. The number of benzene rings is 4. The van der Waals surface area contributed by atoms with Crippen LogP contribution in [0.1, 0.15) is 34.0 Å². The van der Waals surface area contributed by atoms with Crippen LogP contribution in [0.3, 0.4) is 0 Å². The van der Waals surface area contributed by atoms with Crippen molar-refractivity contribution in [2.45, 2.75) is 25.3 Å². The third-order valence-corrected chi connectivity index (χ3v) is 8.39. The zero-order valence-corrected chi connectivity index (χ0v) is 23.2. The van der Waals surface area contributed by atoms with E-state index in [1.807, 2.05) is 0 Å². The van der Waals surface area contributed by atoms with Gasteiger partial charge in [0.2, 0.25) is 0 Å². The number of hydrogen-bond acceptors (Lipinski definition) is 6. The number of amides is 1. The summed E-state index contributed by atoms with van der Waals surface area (Å²) < 4.78 is 28.6. The van der Waals surface area contributed by atoms with Gasteiger partial charge < -0.3 is 0 Å². The van der Waals surface area contributed by atoms with Gasteiger partial charge in [-0.15, -0.1) is 0 Å². The summed E-state index contributed by atoms with van der Waals surface area (Å²) in [4.78, 5) is 23.2. The van der Waals surface area contributed by atoms with Crippen LogP contribution in [0.25, 0.3) is 0 Å². The molecule has 0 aromatic heterocycles. The van der Waals surface area contributed by atoms with Crippen LogP contribution in [-0.4, -0.2) is 25.0 Å². The summed E-state index contributed by atoms with van der Waals surface area (Å²) in [5, 5.41) is 15.4. The smallest absolute Gasteiger partial charge is 0.267 e. The van der Waals surface area contributed by atoms with E-state index in [9.17, 15) is 23.3 Å². The average Bonchev–Trinajstić information content (AvgIpc) is 2.97. The number of hydrogen-bond donors (Lipinski definition) is 1. The van der Waals surface area contributed by atoms with Crippen molar-refractivity contribution in [1.82, 2.24) is 5.43 Å². The molecule has 1 amide bonds. The minimum absolute atomic E-state index is 0.0116. The molecule has 0 saturated heterocycles. The van der Waals surface area contributed by atoms with Crippen molar-refractivity contribution < 1.29 is 18.1 Å². The van der Waals surface area contributed by atoms with Crippen LogP contribution in [0.2, 0.25) is 5.02 Å². The summed E-state index contributed by atoms with van der Waals surface area (Å²) in [6.45, 7) is 3.44. The highest BCUT2D eigenvalue weighted by Gasteiger charge is 2.27. The molecule has 0 aliphatic carbocycles. The molecule has 4 rings (SSSR count). The normalized spacial score (nSPS) is 11.6. The van der Waals surface area contributed by atoms with E-state index >= 15 is 0 Å². The fraction of sp³-hybridized carbons (Fsp3) is 0.103. The predicted octanol–water partition coefficient (Wildman–Crippen LogP) is 6.11. The van der Waals surface area contributed by atoms with Crippen LogP contribution in [0.15, 0.2) is 107 Å². The third kappa shape index (κ3) is 6.36. The highest BCUT2D eigenvalue weighted by atomic mass is 35.5. The molecule has 9 nitrogen and oxygen atoms in total. The van der Waals surface area contributed by atoms with Gasteiger partial charge in [0.15, 0.2) is 0 Å². The van der Waals surface area contributed by atoms with Crippen LogP contribution in [0, 0.1) is 17.0 Å². The molecule has 0 fully saturated rings. The predicted molar refractivity (Wildman–Crippen MR) is 155 cm³/mol. The summed E-state index contributed by atoms with van der Waals surface area (Å²) in [5.41, 5.74) is 5.58. The first kappa shape index (κ1) is 28.5. The molecule has 0 spiro atoms. The van der Waals surface area contributed by atoms with Crippen molar-refractivity contribution in [3.8, 4) is 0 Å². The lowest BCUT2D eigenvalue weighted by molar-refractivity contribution is -0.384. The molecular formula is C29H25ClN4O5S. The molecule has 4 aromatic carbocycles. The second-order valence-electron chi connectivity index (χ2n) is 8.85. The van der Waals surface area contributed by atoms with E-state index in [0.29, 0.717) is 38.7 Å². The van der Waals surface area contributed by atoms with Gasteiger partial charge >= 0.3 is 0 Å². The van der Waals surface area contributed by atoms with Gasteiger partial charge in [-0.05, 0) is 79.1 Å². The number of hydrazone groups is 1. The zero-order valence-electron chi connectivity index (χ0n) is 21.6. The minimum Gasteiger partial charge on any atom is -0.267 e. The van der Waals surface area contributed by atoms with Crippen molar-refractivity contribution >= 4 is 44.6 Å². The van der Waals surface area contributed by atoms with E-state index in [0.717, 1.165) is 0 Å². The fourth-order valence-corrected chi connectivity index (χ4v) is 5.60. The summed E-state index contributed by atoms with van der Waals surface area (Å²) in [6, 6.07) is 25.6. The molecule has 0 aliphatic heterocycles. The second kappa shape index (κ2) is 12.1. The number of nitro groups is 1. The molecule has 0 heterocycles. The van der Waals surface area contributed by atoms with Crippen molar-refractivity contribution in [3.63, 3.8) is 0 Å². The first-order valence-corrected chi connectivity index (χ1v) is 13.9. The molecule has 11 heteroatoms. The van der Waals surface area contributed by atoms with Crippen LogP contribution in [-0.2, 0) is 16.6 Å². The number of sulfonamides is 1. The minimum atomic E-state index is -3.93. The van der Waals surface area contributed by atoms with Gasteiger partial charge in [-0.1, -0.05) is 48.0 Å². The molecule has 0 bridgehead atoms. The second-order valence-corrected chi connectivity index (χ2v) is 11.1. The maximum absolute atomic E-state index is 13.7. The van der Waals surface area contributed by atoms with Crippen molar-refractivity contribution in [2.75, 3.05) is 4.31 Å². The quantitative estimate of drug-likeness (QED) is 0.146. The van der Waals surface area contributed by atoms with E-state index in [4.69, 9.17) is 11.6 Å². The van der Waals surface area contributed by atoms with Crippen LogP contribution < -0.4 is 9.73 Å². The lowest BCUT2D eigenvalue weighted by atomic mass is 10.1. The van der Waals surface area contributed by atoms with Gasteiger partial charge in [0.05, 0.1) is 27.8 Å². The van der Waals surface area contributed by atoms with Gasteiger partial charge in [0, 0.05) is 22.7 Å². The third-order valence-electron chi connectivity index (χ3n) is 6.20. The lowest BCUT2D eigenvalue weighted by Gasteiger charge is -2.26. The first-order valence-electron chi connectivity index (χ1n) is 12.1. The van der Waals surface area contributed by atoms with Crippen LogP contribution in [0.5, 0.6) is 0 Å². The molecule has 1 N–H and O–H groups in total. The number of nitrogens with zero attached hydrogens (tertiary/aromatic N) is 3. The molecule has 0 radical (unpaired) electrons. The number of anilines is 1. The number of carbonyl (C=O) groups excluding carboxylic acids is 1. The molecule has 0 atom stereocenters. The summed E-state index contributed by atoms with van der Waals surface area (Å²) in [7, 11) is -3.93. The monoisotopic (exact) mass is 576 g/mol. The van der Waals surface area contributed by atoms with Crippen molar-refractivity contribution in [1.29, 1.82) is 0 Å². The Labute approximate surface area is 236 Å². The molecule has 0 saturated carbocycles. The number of nitrogens with one attached hydrogen (secondary N) is 1. The molecular weight excluding hydrogens is 552 g/mol. The zero-order chi connectivity index (χ0) is 28.9. The Balaban J connectivity index is 1.54. The summed E-state index contributed by atoms with van der Waals surface area (Å²) in [5.74, 6) is -0.465. The Morgan fingerprint density at radius 2 is 1.55 bits per heavy atom. The Morgan fingerprint density at radius 3 is 2.17 bits per heavy atom. The molecule has 0 unspecified atom stereocenters. The van der Waals surface area contributed by atoms with E-state index in [1.165, 1.54) is 28.6 Å². The Hall–Kier alpha value is -4.54. The topological polar surface area (TPSA) is 122 Å². The highest BCUT2D eigenvalue weighted by Crippen LogP contribution is 2.32. The van der Waals surface area contributed by atoms with Gasteiger partial charge in [-0.3, -0.25) is 19.2 Å². The number of non-ortho nitro benzene ring substituents is 1. The molecule has 40 heavy (non-hydrogen) atoms. The van der Waals surface area contributed by atoms with Crippen LogP contribution >= 0.6 is 11.6 Å². The van der Waals surface area contributed by atoms with E-state index in [2.05, 4.69) is 10.5 Å². The number of carbonyl (C=O) groups is 1. The Bertz CT molecular complexity index is 1670. The summed E-state index contributed by atoms with van der Waals surface area (Å²) >= 11 is 6.32. The van der Waals surface area contributed by atoms with Crippen LogP contribution in [0.4, 0.5) is 11.4 Å². The van der Waals surface area contributed by atoms with Gasteiger partial charge in [-0.25, -0.2) is 13.8 Å². The van der Waals surface area contributed by atoms with Gasteiger partial charge in [-0.2, -0.15) is 5.10 Å². The van der Waals surface area contributed by atoms with E-state index in [-0.39, 0.29) is 17.1 Å². The van der Waals surface area contributed by atoms with E-state index in [1.54, 1.807) is 86.6 Å². The maximum atomic E-state index is 13.7. The fourth-order valence-electron chi connectivity index (χ4n) is 3.90. The highest BCUT2D eigenvalue weighted by molar-refractivity contribution is 7.92. The Kier molecular flexibility index (Phi) is 8.61. The molecule has 4 aromatic rings. The Morgan fingerprint density at radius 1 is 0.925 bits per heavy atom. The summed E-state index contributed by atoms with van der Waals surface area (Å²) in [6.07, 6.45) is 0. The molecule has 0 aliphatic rings. The number of nitro benzene ring substituents is 1. The van der Waals surface area contributed by atoms with E-state index < -0.39 is 20.9 Å². The SMILES string of the molecule is C/C(=N/NC(=O)c1ccc(CN(c2cccc(Cl)c2C)S(=O)(=O)c2ccccc2)cc1)c1ccc([N+](=O)[O-])cc1. The van der Waals surface area contributed by atoms with Gasteiger partial charge in [0.1, 0.15) is 0 Å². The number of rotatable bonds is 9. The van der Waals surface area contributed by atoms with Crippen molar-refractivity contribution in [2.24, 2.45) is 5.10 Å². The largest absolute Gasteiger partial charge is 0.271 e. The lowest BCUT2D eigenvalue weighted by Crippen LogP contribution is -2.31. The van der Waals surface area contributed by atoms with Gasteiger partial charge in [0.25, 0.3) is 21.6 Å². The first-order chi connectivity index (χ1) is 19.1. The maximum Gasteiger partial charge on any atom is 0.271 e. The number of halogens is 1. The van der Waals surface area contributed by atoms with Crippen molar-refractivity contribution in [3.05, 3.63) is 134 Å².